The summed E-state index contributed by atoms with van der Waals surface area (Å²) in [4.78, 5) is 81.5. The van der Waals surface area contributed by atoms with Crippen molar-refractivity contribution in [2.24, 2.45) is 10.8 Å². The van der Waals surface area contributed by atoms with Crippen LogP contribution in [0.1, 0.15) is 98.2 Å². The number of halogens is 3. The number of alkyl halides is 3. The molecule has 0 aliphatic carbocycles. The maximum atomic E-state index is 14.2. The normalized spacial score (nSPS) is 17.2. The van der Waals surface area contributed by atoms with Crippen LogP contribution in [0.15, 0.2) is 48.2 Å². The number of ether oxygens (including phenoxy) is 2. The highest BCUT2D eigenvalue weighted by Crippen LogP contribution is 2.32. The van der Waals surface area contributed by atoms with Gasteiger partial charge in [-0.2, -0.15) is 0 Å². The van der Waals surface area contributed by atoms with E-state index in [0.717, 1.165) is 21.7 Å². The molecule has 5 atom stereocenters. The maximum Gasteiger partial charge on any atom is 0.408 e. The largest absolute Gasteiger partial charge is 0.449 e. The minimum Gasteiger partial charge on any atom is -0.449 e. The Bertz CT molecular complexity index is 2090. The van der Waals surface area contributed by atoms with Crippen LogP contribution in [0.3, 0.4) is 0 Å². The van der Waals surface area contributed by atoms with Crippen molar-refractivity contribution < 1.29 is 38.6 Å². The van der Waals surface area contributed by atoms with Crippen molar-refractivity contribution >= 4 is 81.8 Å². The third-order valence-corrected chi connectivity index (χ3v) is 13.0. The molecule has 1 aliphatic heterocycles. The zero-order valence-electron chi connectivity index (χ0n) is 38.8. The van der Waals surface area contributed by atoms with Crippen LogP contribution in [0.2, 0.25) is 0 Å². The lowest BCUT2D eigenvalue weighted by molar-refractivity contribution is -0.146. The summed E-state index contributed by atoms with van der Waals surface area (Å²) in [6.45, 7) is 15.5. The van der Waals surface area contributed by atoms with E-state index in [2.05, 4.69) is 41.5 Å². The van der Waals surface area contributed by atoms with Gasteiger partial charge in [0.15, 0.2) is 6.17 Å². The van der Waals surface area contributed by atoms with E-state index in [4.69, 9.17) is 44.3 Å². The van der Waals surface area contributed by atoms with Crippen LogP contribution in [0.25, 0.3) is 10.4 Å². The predicted octanol–water partition coefficient (Wildman–Crippen LogP) is 6.44. The van der Waals surface area contributed by atoms with Crippen molar-refractivity contribution in [3.05, 3.63) is 59.5 Å². The fraction of sp³-hybridized carbons (Fsp3) is 0.600. The van der Waals surface area contributed by atoms with Crippen molar-refractivity contribution in [2.75, 3.05) is 31.6 Å². The molecule has 0 bridgehead atoms. The molecule has 1 aliphatic rings. The molecule has 1 aromatic carbocycles. The number of carbonyl (C=O) groups is 5. The highest BCUT2D eigenvalue weighted by molar-refractivity contribution is 7.13. The van der Waals surface area contributed by atoms with Crippen molar-refractivity contribution in [3.8, 4) is 10.4 Å². The number of aryl methyl sites for hydroxylation is 1. The first kappa shape index (κ1) is 54.3. The molecule has 1 fully saturated rings. The number of hydrogen-bond donors (Lipinski definition) is 6. The van der Waals surface area contributed by atoms with Crippen LogP contribution in [-0.4, -0.2) is 115 Å². The van der Waals surface area contributed by atoms with Gasteiger partial charge in [0.05, 0.1) is 34.4 Å². The Labute approximate surface area is 406 Å². The molecule has 2 unspecified atom stereocenters. The first-order chi connectivity index (χ1) is 30.9. The molecule has 3 aromatic rings. The molecule has 0 radical (unpaired) electrons. The van der Waals surface area contributed by atoms with Gasteiger partial charge >= 0.3 is 6.09 Å². The molecule has 6 N–H and O–H groups in total. The molecule has 364 valence electrons. The van der Waals surface area contributed by atoms with Crippen molar-refractivity contribution in [1.29, 1.82) is 0 Å². The van der Waals surface area contributed by atoms with Crippen molar-refractivity contribution in [1.82, 2.24) is 41.1 Å². The monoisotopic (exact) mass is 995 g/mol. The number of β-amino-alcohol motifs (C(OH)–C–C–N with tert-alkyl or cyclic N) is 1. The molecule has 17 nitrogen and oxygen atoms in total. The average Bonchev–Trinajstić information content (AvgIpc) is 3.88. The summed E-state index contributed by atoms with van der Waals surface area (Å²) >= 11 is 19.5. The van der Waals surface area contributed by atoms with Crippen LogP contribution in [0.4, 0.5) is 10.7 Å². The van der Waals surface area contributed by atoms with Gasteiger partial charge in [0, 0.05) is 56.9 Å². The van der Waals surface area contributed by atoms with Crippen LogP contribution in [0, 0.1) is 17.8 Å². The highest BCUT2D eigenvalue weighted by atomic mass is 35.6. The second kappa shape index (κ2) is 24.1. The molecule has 0 spiro atoms. The highest BCUT2D eigenvalue weighted by Gasteiger charge is 2.45. The first-order valence-electron chi connectivity index (χ1n) is 21.9. The second-order valence-corrected chi connectivity index (χ2v) is 21.5. The second-order valence-electron chi connectivity index (χ2n) is 18.3. The van der Waals surface area contributed by atoms with Gasteiger partial charge in [-0.3, -0.25) is 24.5 Å². The number of nitrogens with one attached hydrogen (secondary N) is 5. The fourth-order valence-electron chi connectivity index (χ4n) is 6.92. The maximum absolute atomic E-state index is 14.2. The number of aliphatic hydroxyl groups is 1. The minimum atomic E-state index is -1.95. The summed E-state index contributed by atoms with van der Waals surface area (Å²) in [7, 11) is 0. The average molecular weight is 997 g/mol. The number of aliphatic hydroxyl groups excluding tert-OH is 1. The van der Waals surface area contributed by atoms with Crippen LogP contribution in [0.5, 0.6) is 0 Å². The van der Waals surface area contributed by atoms with E-state index in [0.29, 0.717) is 25.7 Å². The van der Waals surface area contributed by atoms with E-state index < -0.39 is 56.6 Å². The number of anilines is 1. The number of alkyl carbamates (subject to hydrolysis) is 1. The summed E-state index contributed by atoms with van der Waals surface area (Å²) in [6, 6.07) is 7.54. The van der Waals surface area contributed by atoms with Gasteiger partial charge in [0.25, 0.3) is 0 Å². The summed E-state index contributed by atoms with van der Waals surface area (Å²) in [6.07, 6.45) is 1.92. The summed E-state index contributed by atoms with van der Waals surface area (Å²) in [5, 5.41) is 24.5. The van der Waals surface area contributed by atoms with E-state index in [1.165, 1.54) is 17.3 Å². The molecule has 66 heavy (non-hydrogen) atoms. The van der Waals surface area contributed by atoms with Crippen LogP contribution in [-0.2, 0) is 35.2 Å². The van der Waals surface area contributed by atoms with Gasteiger partial charge in [0.2, 0.25) is 33.4 Å². The number of likely N-dealkylation sites (tertiary alicyclic amines) is 1. The number of thiazole rings is 1. The Morgan fingerprint density at radius 2 is 1.62 bits per heavy atom. The number of benzene rings is 1. The van der Waals surface area contributed by atoms with Gasteiger partial charge in [-0.25, -0.2) is 19.7 Å². The third kappa shape index (κ3) is 16.5. The summed E-state index contributed by atoms with van der Waals surface area (Å²) in [5.74, 6) is -1.27. The number of rotatable bonds is 22. The van der Waals surface area contributed by atoms with E-state index in [1.807, 2.05) is 65.8 Å². The van der Waals surface area contributed by atoms with E-state index in [9.17, 15) is 29.1 Å². The Balaban J connectivity index is 1.21. The van der Waals surface area contributed by atoms with Gasteiger partial charge < -0.3 is 40.7 Å². The number of hydrogen-bond acceptors (Lipinski definition) is 13. The Morgan fingerprint density at radius 1 is 0.939 bits per heavy atom. The van der Waals surface area contributed by atoms with E-state index in [1.54, 1.807) is 36.8 Å². The molecular formula is C45H64Cl3N9O8S. The van der Waals surface area contributed by atoms with E-state index in [-0.39, 0.29) is 69.4 Å². The van der Waals surface area contributed by atoms with Gasteiger partial charge in [-0.05, 0) is 62.1 Å². The standard InChI is InChI=1S/C45H64Cl3N9O8S/c1-9-44(8,17-16-33(59)49-21-11-22-64-41(63)56-38(45(46,47)48)55-40-50-19-10-20-51-40)65-23-18-43(6,7)39(62)54-35(42(3,4)5)37(61)57-26-31(58)24-32(57)36(60)52-25-29-12-14-30(15-13-29)34-28(2)53-27-66-34/h10,12-15,19-20,27,31-32,35,38,58H,9,11,16-18,21-26H2,1-8H3,(H,49,59)(H,52,60)(H,54,62)(H,56,63)(H,50,51,55)/t31-,32+,35-,38?,44?/m1/s1. The first-order valence-corrected chi connectivity index (χ1v) is 23.9. The number of amides is 5. The van der Waals surface area contributed by atoms with Gasteiger partial charge in [-0.1, -0.05) is 101 Å². The van der Waals surface area contributed by atoms with Crippen molar-refractivity contribution in [2.45, 2.75) is 134 Å². The van der Waals surface area contributed by atoms with Gasteiger partial charge in [0.1, 0.15) is 12.1 Å². The summed E-state index contributed by atoms with van der Waals surface area (Å²) in [5.41, 5.74) is 2.32. The molecule has 1 saturated heterocycles. The SMILES string of the molecule is CCC(C)(CCC(=O)NCCCOC(=O)NC(Nc1ncccn1)C(Cl)(Cl)Cl)OCCC(C)(C)C(=O)N[C@H](C(=O)N1C[C@H](O)C[C@H]1C(=O)NCc1ccc(-c2scnc2C)cc1)C(C)(C)C. The lowest BCUT2D eigenvalue weighted by Crippen LogP contribution is -2.59. The van der Waals surface area contributed by atoms with Crippen LogP contribution >= 0.6 is 46.1 Å². The van der Waals surface area contributed by atoms with Crippen LogP contribution < -0.4 is 26.6 Å². The Kier molecular flexibility index (Phi) is 19.8. The smallest absolute Gasteiger partial charge is 0.408 e. The molecule has 0 saturated carbocycles. The lowest BCUT2D eigenvalue weighted by atomic mass is 9.83. The third-order valence-electron chi connectivity index (χ3n) is 11.4. The Hall–Kier alpha value is -4.33. The quantitative estimate of drug-likeness (QED) is 0.0364. The van der Waals surface area contributed by atoms with Gasteiger partial charge in [-0.15, -0.1) is 11.3 Å². The minimum absolute atomic E-state index is 0.0189. The lowest BCUT2D eigenvalue weighted by Gasteiger charge is -2.37. The fourth-order valence-corrected chi connectivity index (χ4v) is 8.06. The Morgan fingerprint density at radius 3 is 2.23 bits per heavy atom. The molecular weight excluding hydrogens is 933 g/mol. The number of carbonyl (C=O) groups excluding carboxylic acids is 5. The van der Waals surface area contributed by atoms with E-state index >= 15 is 0 Å². The number of aromatic nitrogens is 3. The molecule has 4 rings (SSSR count). The molecule has 3 heterocycles. The molecule has 5 amide bonds. The summed E-state index contributed by atoms with van der Waals surface area (Å²) < 4.78 is 9.53. The zero-order chi connectivity index (χ0) is 48.9. The molecule has 2 aromatic heterocycles. The topological polar surface area (TPSA) is 226 Å². The number of nitrogens with zero attached hydrogens (tertiary/aromatic N) is 4. The van der Waals surface area contributed by atoms with Crippen molar-refractivity contribution in [3.63, 3.8) is 0 Å². The zero-order valence-corrected chi connectivity index (χ0v) is 41.9. The predicted molar refractivity (Wildman–Crippen MR) is 256 cm³/mol. The molecule has 21 heteroatoms.